The van der Waals surface area contributed by atoms with Crippen LogP contribution in [0.1, 0.15) is 23.9 Å². The molecule has 2 nitrogen and oxygen atoms in total. The molecule has 3 rings (SSSR count). The van der Waals surface area contributed by atoms with Crippen LogP contribution in [0.4, 0.5) is 0 Å². The Morgan fingerprint density at radius 3 is 2.79 bits per heavy atom. The molecule has 0 saturated carbocycles. The second-order valence-corrected chi connectivity index (χ2v) is 5.13. The summed E-state index contributed by atoms with van der Waals surface area (Å²) in [6, 6.07) is 14.3. The van der Waals surface area contributed by atoms with Gasteiger partial charge in [0, 0.05) is 11.4 Å². The molecule has 3 heteroatoms. The van der Waals surface area contributed by atoms with Gasteiger partial charge in [-0.1, -0.05) is 36.7 Å². The monoisotopic (exact) mass is 270 g/mol. The third kappa shape index (κ3) is 2.64. The summed E-state index contributed by atoms with van der Waals surface area (Å²) in [5.41, 5.74) is 4.62. The second-order valence-electron chi connectivity index (χ2n) is 4.70. The van der Waals surface area contributed by atoms with E-state index < -0.39 is 0 Å². The lowest BCUT2D eigenvalue weighted by molar-refractivity contribution is 1.04. The molecular weight excluding hydrogens is 256 g/mol. The molecule has 19 heavy (non-hydrogen) atoms. The first-order valence-electron chi connectivity index (χ1n) is 6.46. The van der Waals surface area contributed by atoms with Crippen LogP contribution in [0.2, 0.25) is 5.02 Å². The van der Waals surface area contributed by atoms with Gasteiger partial charge in [-0.05, 0) is 41.8 Å². The van der Waals surface area contributed by atoms with Crippen LogP contribution in [0.25, 0.3) is 11.0 Å². The molecule has 1 aromatic heterocycles. The molecule has 1 heterocycles. The zero-order chi connectivity index (χ0) is 13.2. The fourth-order valence-electron chi connectivity index (χ4n) is 2.25. The minimum absolute atomic E-state index is 0.766. The summed E-state index contributed by atoms with van der Waals surface area (Å²) in [6.45, 7) is 2.16. The number of benzene rings is 2. The van der Waals surface area contributed by atoms with Crippen molar-refractivity contribution in [3.05, 3.63) is 64.4 Å². The Labute approximate surface area is 117 Å². The van der Waals surface area contributed by atoms with E-state index in [1.807, 2.05) is 18.2 Å². The summed E-state index contributed by atoms with van der Waals surface area (Å²) in [5.74, 6) is 0.977. The van der Waals surface area contributed by atoms with Crippen LogP contribution in [0, 0.1) is 0 Å². The van der Waals surface area contributed by atoms with Gasteiger partial charge in [-0.15, -0.1) is 0 Å². The van der Waals surface area contributed by atoms with Crippen molar-refractivity contribution in [2.24, 2.45) is 0 Å². The van der Waals surface area contributed by atoms with E-state index in [4.69, 9.17) is 11.6 Å². The Kier molecular flexibility index (Phi) is 3.26. The van der Waals surface area contributed by atoms with E-state index >= 15 is 0 Å². The number of hydrogen-bond donors (Lipinski definition) is 1. The third-order valence-electron chi connectivity index (χ3n) is 3.26. The van der Waals surface area contributed by atoms with E-state index in [0.717, 1.165) is 34.7 Å². The van der Waals surface area contributed by atoms with Crippen LogP contribution in [0.5, 0.6) is 0 Å². The minimum atomic E-state index is 0.766. The third-order valence-corrected chi connectivity index (χ3v) is 3.50. The van der Waals surface area contributed by atoms with Crippen molar-refractivity contribution in [2.45, 2.75) is 19.8 Å². The first-order chi connectivity index (χ1) is 9.24. The highest BCUT2D eigenvalue weighted by Crippen LogP contribution is 2.17. The standard InChI is InChI=1S/C16H15ClN2/c1-2-11-6-7-14-15(9-11)19-16(18-14)10-12-4-3-5-13(17)8-12/h3-9H,2,10H2,1H3,(H,18,19). The van der Waals surface area contributed by atoms with Gasteiger partial charge in [0.15, 0.2) is 0 Å². The van der Waals surface area contributed by atoms with Gasteiger partial charge < -0.3 is 4.98 Å². The van der Waals surface area contributed by atoms with E-state index in [1.54, 1.807) is 0 Å². The number of fused-ring (bicyclic) bond motifs is 1. The largest absolute Gasteiger partial charge is 0.342 e. The van der Waals surface area contributed by atoms with Crippen molar-refractivity contribution < 1.29 is 0 Å². The Morgan fingerprint density at radius 1 is 1.11 bits per heavy atom. The van der Waals surface area contributed by atoms with Gasteiger partial charge in [-0.25, -0.2) is 4.98 Å². The Hall–Kier alpha value is -1.80. The smallest absolute Gasteiger partial charge is 0.111 e. The number of nitrogens with zero attached hydrogens (tertiary/aromatic N) is 1. The molecule has 0 amide bonds. The molecule has 0 spiro atoms. The Balaban J connectivity index is 1.93. The lowest BCUT2D eigenvalue weighted by Gasteiger charge is -1.98. The molecule has 0 aliphatic carbocycles. The number of H-pyrrole nitrogens is 1. The van der Waals surface area contributed by atoms with E-state index in [2.05, 4.69) is 41.2 Å². The minimum Gasteiger partial charge on any atom is -0.342 e. The number of hydrogen-bond acceptors (Lipinski definition) is 1. The lowest BCUT2D eigenvalue weighted by Crippen LogP contribution is -1.90. The quantitative estimate of drug-likeness (QED) is 0.752. The number of halogens is 1. The SMILES string of the molecule is CCc1ccc2nc(Cc3cccc(Cl)c3)[nH]c2c1. The number of aromatic nitrogens is 2. The summed E-state index contributed by atoms with van der Waals surface area (Å²) in [6.07, 6.45) is 1.81. The fourth-order valence-corrected chi connectivity index (χ4v) is 2.47. The van der Waals surface area contributed by atoms with E-state index in [-0.39, 0.29) is 0 Å². The van der Waals surface area contributed by atoms with Crippen LogP contribution < -0.4 is 0 Å². The predicted octanol–water partition coefficient (Wildman–Crippen LogP) is 4.37. The topological polar surface area (TPSA) is 28.7 Å². The fraction of sp³-hybridized carbons (Fsp3) is 0.188. The van der Waals surface area contributed by atoms with Gasteiger partial charge in [-0.3, -0.25) is 0 Å². The summed E-state index contributed by atoms with van der Waals surface area (Å²) in [7, 11) is 0. The van der Waals surface area contributed by atoms with Crippen molar-refractivity contribution >= 4 is 22.6 Å². The van der Waals surface area contributed by atoms with Gasteiger partial charge in [0.1, 0.15) is 5.82 Å². The molecule has 96 valence electrons. The Bertz CT molecular complexity index is 716. The molecule has 0 unspecified atom stereocenters. The van der Waals surface area contributed by atoms with Crippen LogP contribution in [-0.4, -0.2) is 9.97 Å². The number of nitrogens with one attached hydrogen (secondary N) is 1. The highest BCUT2D eigenvalue weighted by atomic mass is 35.5. The second kappa shape index (κ2) is 5.06. The maximum atomic E-state index is 6.00. The van der Waals surface area contributed by atoms with Crippen molar-refractivity contribution in [3.63, 3.8) is 0 Å². The molecule has 2 aromatic carbocycles. The summed E-state index contributed by atoms with van der Waals surface area (Å²) >= 11 is 6.00. The summed E-state index contributed by atoms with van der Waals surface area (Å²) in [4.78, 5) is 8.00. The Morgan fingerprint density at radius 2 is 2.00 bits per heavy atom. The van der Waals surface area contributed by atoms with Crippen molar-refractivity contribution in [3.8, 4) is 0 Å². The number of aromatic amines is 1. The molecule has 0 aliphatic rings. The summed E-state index contributed by atoms with van der Waals surface area (Å²) in [5, 5.41) is 0.766. The molecule has 0 saturated heterocycles. The molecule has 0 aliphatic heterocycles. The van der Waals surface area contributed by atoms with Gasteiger partial charge >= 0.3 is 0 Å². The van der Waals surface area contributed by atoms with Crippen LogP contribution in [-0.2, 0) is 12.8 Å². The number of rotatable bonds is 3. The first kappa shape index (κ1) is 12.2. The van der Waals surface area contributed by atoms with Crippen molar-refractivity contribution in [1.82, 2.24) is 9.97 Å². The first-order valence-corrected chi connectivity index (χ1v) is 6.84. The average molecular weight is 271 g/mol. The summed E-state index contributed by atoms with van der Waals surface area (Å²) < 4.78 is 0. The molecule has 1 N–H and O–H groups in total. The zero-order valence-corrected chi connectivity index (χ0v) is 11.5. The van der Waals surface area contributed by atoms with Crippen LogP contribution >= 0.6 is 11.6 Å². The molecule has 0 bridgehead atoms. The maximum Gasteiger partial charge on any atom is 0.111 e. The van der Waals surface area contributed by atoms with Crippen molar-refractivity contribution in [1.29, 1.82) is 0 Å². The maximum absolute atomic E-state index is 6.00. The highest BCUT2D eigenvalue weighted by molar-refractivity contribution is 6.30. The van der Waals surface area contributed by atoms with Crippen molar-refractivity contribution in [2.75, 3.05) is 0 Å². The van der Waals surface area contributed by atoms with Crippen LogP contribution in [0.3, 0.4) is 0 Å². The lowest BCUT2D eigenvalue weighted by atomic mass is 10.1. The molecule has 0 radical (unpaired) electrons. The molecule has 0 fully saturated rings. The molecular formula is C16H15ClN2. The van der Waals surface area contributed by atoms with Gasteiger partial charge in [0.25, 0.3) is 0 Å². The average Bonchev–Trinajstić information content (AvgIpc) is 2.79. The van der Waals surface area contributed by atoms with E-state index in [9.17, 15) is 0 Å². The molecule has 3 aromatic rings. The number of imidazole rings is 1. The van der Waals surface area contributed by atoms with Gasteiger partial charge in [0.05, 0.1) is 11.0 Å². The molecule has 0 atom stereocenters. The van der Waals surface area contributed by atoms with Gasteiger partial charge in [0.2, 0.25) is 0 Å². The zero-order valence-electron chi connectivity index (χ0n) is 10.8. The van der Waals surface area contributed by atoms with E-state index in [0.29, 0.717) is 0 Å². The van der Waals surface area contributed by atoms with Gasteiger partial charge in [-0.2, -0.15) is 0 Å². The highest BCUT2D eigenvalue weighted by Gasteiger charge is 2.04. The number of aryl methyl sites for hydroxylation is 1. The van der Waals surface area contributed by atoms with Crippen LogP contribution in [0.15, 0.2) is 42.5 Å². The van der Waals surface area contributed by atoms with E-state index in [1.165, 1.54) is 11.1 Å². The normalized spacial score (nSPS) is 11.1. The predicted molar refractivity (Wildman–Crippen MR) is 79.7 cm³/mol.